The van der Waals surface area contributed by atoms with E-state index in [9.17, 15) is 5.11 Å². The zero-order chi connectivity index (χ0) is 17.7. The first-order chi connectivity index (χ1) is 11.5. The summed E-state index contributed by atoms with van der Waals surface area (Å²) < 4.78 is 2.62. The summed E-state index contributed by atoms with van der Waals surface area (Å²) >= 11 is 8.15. The summed E-state index contributed by atoms with van der Waals surface area (Å²) in [5, 5.41) is 19.0. The summed E-state index contributed by atoms with van der Waals surface area (Å²) in [6, 6.07) is 5.67. The van der Waals surface area contributed by atoms with Gasteiger partial charge in [-0.1, -0.05) is 28.1 Å². The number of aromatic hydroxyl groups is 1. The van der Waals surface area contributed by atoms with Crippen LogP contribution in [-0.2, 0) is 6.67 Å². The fourth-order valence-electron chi connectivity index (χ4n) is 2.39. The third-order valence-electron chi connectivity index (χ3n) is 3.34. The van der Waals surface area contributed by atoms with Crippen molar-refractivity contribution in [2.75, 3.05) is 13.1 Å². The number of fused-ring (bicyclic) bond motifs is 1. The van der Waals surface area contributed by atoms with Gasteiger partial charge in [0, 0.05) is 22.9 Å². The summed E-state index contributed by atoms with van der Waals surface area (Å²) in [5.74, 6) is 0.00113. The third kappa shape index (κ3) is 4.08. The monoisotopic (exact) mass is 407 g/mol. The van der Waals surface area contributed by atoms with Gasteiger partial charge in [0.05, 0.1) is 12.2 Å². The maximum atomic E-state index is 10.6. The quantitative estimate of drug-likeness (QED) is 0.411. The summed E-state index contributed by atoms with van der Waals surface area (Å²) in [6.45, 7) is 9.28. The standard InChI is InChI=1S/C16H18BrN5OS/c1-3-7-21(8-4-2)10-22-13-6-5-11(17)9-12(13)14(15(22)23)19-20-16(18)24/h3-6,9,23H,1-2,7-8,10H2,(H2,18,24). The molecule has 0 bridgehead atoms. The van der Waals surface area contributed by atoms with Crippen molar-refractivity contribution in [1.82, 2.24) is 9.47 Å². The van der Waals surface area contributed by atoms with Crippen LogP contribution in [0.1, 0.15) is 0 Å². The first-order valence-corrected chi connectivity index (χ1v) is 8.34. The molecule has 6 nitrogen and oxygen atoms in total. The molecule has 2 aromatic rings. The highest BCUT2D eigenvalue weighted by Crippen LogP contribution is 2.40. The van der Waals surface area contributed by atoms with Gasteiger partial charge < -0.3 is 10.8 Å². The Balaban J connectivity index is 2.56. The van der Waals surface area contributed by atoms with Crippen LogP contribution < -0.4 is 5.73 Å². The van der Waals surface area contributed by atoms with Crippen molar-refractivity contribution in [3.8, 4) is 5.88 Å². The molecule has 1 aromatic heterocycles. The number of hydrogen-bond donors (Lipinski definition) is 2. The molecule has 0 aliphatic rings. The number of azo groups is 1. The molecule has 0 fully saturated rings. The van der Waals surface area contributed by atoms with E-state index in [4.69, 9.17) is 18.0 Å². The van der Waals surface area contributed by atoms with Crippen LogP contribution in [-0.4, -0.2) is 32.8 Å². The number of hydrogen-bond acceptors (Lipinski definition) is 4. The molecule has 126 valence electrons. The molecule has 1 aromatic carbocycles. The second kappa shape index (κ2) is 8.18. The van der Waals surface area contributed by atoms with Crippen LogP contribution in [0.3, 0.4) is 0 Å². The lowest BCUT2D eigenvalue weighted by Gasteiger charge is -2.20. The number of halogens is 1. The van der Waals surface area contributed by atoms with Gasteiger partial charge in [-0.25, -0.2) is 0 Å². The third-order valence-corrected chi connectivity index (χ3v) is 3.91. The smallest absolute Gasteiger partial charge is 0.221 e. The lowest BCUT2D eigenvalue weighted by Crippen LogP contribution is -2.26. The van der Waals surface area contributed by atoms with Crippen LogP contribution in [0.5, 0.6) is 5.88 Å². The molecule has 0 spiro atoms. The molecule has 8 heteroatoms. The minimum absolute atomic E-state index is 0.00113. The molecule has 0 atom stereocenters. The SMILES string of the molecule is C=CCN(CC=C)Cn1c(O)c(N=NC(N)=S)c2cc(Br)ccc21. The molecular formula is C16H18BrN5OS. The van der Waals surface area contributed by atoms with Gasteiger partial charge in [-0.2, -0.15) is 0 Å². The van der Waals surface area contributed by atoms with Crippen LogP contribution in [0.25, 0.3) is 10.9 Å². The molecule has 0 saturated carbocycles. The van der Waals surface area contributed by atoms with E-state index in [-0.39, 0.29) is 11.0 Å². The number of nitrogens with zero attached hydrogens (tertiary/aromatic N) is 4. The maximum Gasteiger partial charge on any atom is 0.221 e. The van der Waals surface area contributed by atoms with Gasteiger partial charge in [0.1, 0.15) is 0 Å². The van der Waals surface area contributed by atoms with E-state index in [2.05, 4.69) is 44.2 Å². The van der Waals surface area contributed by atoms with E-state index in [1.54, 1.807) is 16.7 Å². The lowest BCUT2D eigenvalue weighted by molar-refractivity contribution is 0.255. The minimum Gasteiger partial charge on any atom is -0.493 e. The Kier molecular flexibility index (Phi) is 6.24. The van der Waals surface area contributed by atoms with E-state index in [0.717, 1.165) is 15.4 Å². The van der Waals surface area contributed by atoms with E-state index < -0.39 is 0 Å². The van der Waals surface area contributed by atoms with E-state index >= 15 is 0 Å². The van der Waals surface area contributed by atoms with Crippen molar-refractivity contribution in [3.05, 3.63) is 48.0 Å². The Morgan fingerprint density at radius 1 is 1.38 bits per heavy atom. The van der Waals surface area contributed by atoms with Crippen molar-refractivity contribution in [2.45, 2.75) is 6.67 Å². The Bertz CT molecular complexity index is 804. The Hall–Kier alpha value is -2.03. The summed E-state index contributed by atoms with van der Waals surface area (Å²) in [5.41, 5.74) is 6.53. The summed E-state index contributed by atoms with van der Waals surface area (Å²) in [7, 11) is 0. The number of nitrogens with two attached hydrogens (primary N) is 1. The van der Waals surface area contributed by atoms with Gasteiger partial charge >= 0.3 is 0 Å². The molecule has 0 aliphatic carbocycles. The predicted octanol–water partition coefficient (Wildman–Crippen LogP) is 4.07. The molecule has 0 radical (unpaired) electrons. The van der Waals surface area contributed by atoms with Gasteiger partial charge in [0.15, 0.2) is 5.69 Å². The van der Waals surface area contributed by atoms with Crippen LogP contribution in [0.4, 0.5) is 5.69 Å². The Morgan fingerprint density at radius 2 is 2.04 bits per heavy atom. The average molecular weight is 408 g/mol. The van der Waals surface area contributed by atoms with Crippen LogP contribution in [0.2, 0.25) is 0 Å². The minimum atomic E-state index is -0.0924. The lowest BCUT2D eigenvalue weighted by atomic mass is 10.2. The van der Waals surface area contributed by atoms with E-state index in [1.807, 2.05) is 18.2 Å². The second-order valence-electron chi connectivity index (χ2n) is 5.05. The number of aromatic nitrogens is 1. The molecule has 0 aliphatic heterocycles. The van der Waals surface area contributed by atoms with Gasteiger partial charge in [0.25, 0.3) is 0 Å². The van der Waals surface area contributed by atoms with E-state index in [1.165, 1.54) is 0 Å². The highest BCUT2D eigenvalue weighted by molar-refractivity contribution is 9.10. The molecule has 1 heterocycles. The molecular weight excluding hydrogens is 390 g/mol. The van der Waals surface area contributed by atoms with Crippen LogP contribution in [0, 0.1) is 0 Å². The van der Waals surface area contributed by atoms with Crippen LogP contribution in [0.15, 0.2) is 58.2 Å². The highest BCUT2D eigenvalue weighted by Gasteiger charge is 2.18. The van der Waals surface area contributed by atoms with Gasteiger partial charge in [-0.15, -0.1) is 23.4 Å². The molecule has 3 N–H and O–H groups in total. The topological polar surface area (TPSA) is 79.1 Å². The molecule has 2 rings (SSSR count). The Morgan fingerprint density at radius 3 is 2.62 bits per heavy atom. The fourth-order valence-corrected chi connectivity index (χ4v) is 2.79. The largest absolute Gasteiger partial charge is 0.493 e. The van der Waals surface area contributed by atoms with Crippen molar-refractivity contribution in [1.29, 1.82) is 0 Å². The molecule has 0 amide bonds. The van der Waals surface area contributed by atoms with Crippen molar-refractivity contribution < 1.29 is 5.11 Å². The summed E-state index contributed by atoms with van der Waals surface area (Å²) in [4.78, 5) is 2.07. The zero-order valence-electron chi connectivity index (χ0n) is 13.0. The number of rotatable bonds is 7. The van der Waals surface area contributed by atoms with Crippen molar-refractivity contribution in [2.24, 2.45) is 16.0 Å². The fraction of sp³-hybridized carbons (Fsp3) is 0.188. The van der Waals surface area contributed by atoms with Gasteiger partial charge in [0.2, 0.25) is 11.0 Å². The van der Waals surface area contributed by atoms with Gasteiger partial charge in [-0.05, 0) is 30.4 Å². The van der Waals surface area contributed by atoms with Crippen LogP contribution >= 0.6 is 28.1 Å². The predicted molar refractivity (Wildman–Crippen MR) is 105 cm³/mol. The first kappa shape index (κ1) is 18.3. The molecule has 0 unspecified atom stereocenters. The zero-order valence-corrected chi connectivity index (χ0v) is 15.4. The maximum absolute atomic E-state index is 10.6. The first-order valence-electron chi connectivity index (χ1n) is 7.14. The molecule has 24 heavy (non-hydrogen) atoms. The normalized spacial score (nSPS) is 11.4. The summed E-state index contributed by atoms with van der Waals surface area (Å²) in [6.07, 6.45) is 3.60. The highest BCUT2D eigenvalue weighted by atomic mass is 79.9. The number of benzene rings is 1. The number of thiocarbonyl (C=S) groups is 1. The van der Waals surface area contributed by atoms with Gasteiger partial charge in [-0.3, -0.25) is 9.47 Å². The second-order valence-corrected chi connectivity index (χ2v) is 6.39. The average Bonchev–Trinajstić information content (AvgIpc) is 2.77. The van der Waals surface area contributed by atoms with E-state index in [0.29, 0.717) is 25.4 Å². The van der Waals surface area contributed by atoms with Crippen molar-refractivity contribution >= 4 is 49.9 Å². The Labute approximate surface area is 154 Å². The van der Waals surface area contributed by atoms with Crippen molar-refractivity contribution in [3.63, 3.8) is 0 Å². The molecule has 0 saturated heterocycles.